The van der Waals surface area contributed by atoms with E-state index >= 15 is 0 Å². The molecule has 0 atom stereocenters. The van der Waals surface area contributed by atoms with Crippen molar-refractivity contribution in [2.24, 2.45) is 5.16 Å². The molecule has 98 valence electrons. The molecule has 0 aliphatic carbocycles. The van der Waals surface area contributed by atoms with Crippen LogP contribution in [0.4, 0.5) is 0 Å². The van der Waals surface area contributed by atoms with Crippen LogP contribution in [0.1, 0.15) is 44.9 Å². The number of hydrogen-bond donors (Lipinski definition) is 1. The molecular weight excluding hydrogens is 228 g/mol. The van der Waals surface area contributed by atoms with Crippen molar-refractivity contribution >= 4 is 11.7 Å². The lowest BCUT2D eigenvalue weighted by Crippen LogP contribution is -2.12. The molecule has 0 rings (SSSR count). The Morgan fingerprint density at radius 2 is 1.65 bits per heavy atom. The number of carboxylic acid groups (broad SMARTS) is 1. The molecular formula is C10H17N2O5-. The van der Waals surface area contributed by atoms with Gasteiger partial charge in [-0.25, -0.2) is 4.79 Å². The van der Waals surface area contributed by atoms with E-state index in [1.807, 2.05) is 0 Å². The lowest BCUT2D eigenvalue weighted by molar-refractivity contribution is -0.480. The Morgan fingerprint density at radius 1 is 1.12 bits per heavy atom. The van der Waals surface area contributed by atoms with Crippen LogP contribution in [-0.4, -0.2) is 28.3 Å². The Balaban J connectivity index is 3.35. The number of carbonyl (C=O) groups is 1. The van der Waals surface area contributed by atoms with Crippen LogP contribution in [0, 0.1) is 15.3 Å². The first-order chi connectivity index (χ1) is 8.07. The summed E-state index contributed by atoms with van der Waals surface area (Å²) in [6.07, 6.45) is 4.78. The molecule has 17 heavy (non-hydrogen) atoms. The third-order valence-electron chi connectivity index (χ3n) is 2.36. The van der Waals surface area contributed by atoms with Gasteiger partial charge in [-0.3, -0.25) is 10.1 Å². The van der Waals surface area contributed by atoms with E-state index in [1.165, 1.54) is 0 Å². The summed E-state index contributed by atoms with van der Waals surface area (Å²) >= 11 is 0. The predicted octanol–water partition coefficient (Wildman–Crippen LogP) is 2.02. The summed E-state index contributed by atoms with van der Waals surface area (Å²) in [6, 6.07) is 0. The largest absolute Gasteiger partial charge is 0.792 e. The highest BCUT2D eigenvalue weighted by atomic mass is 16.6. The zero-order valence-corrected chi connectivity index (χ0v) is 9.63. The van der Waals surface area contributed by atoms with E-state index in [9.17, 15) is 20.1 Å². The first-order valence-corrected chi connectivity index (χ1v) is 5.62. The van der Waals surface area contributed by atoms with Crippen LogP contribution in [-0.2, 0) is 4.79 Å². The summed E-state index contributed by atoms with van der Waals surface area (Å²) in [4.78, 5) is 20.1. The van der Waals surface area contributed by atoms with Crippen LogP contribution in [0.25, 0.3) is 0 Å². The smallest absolute Gasteiger partial charge is 0.349 e. The van der Waals surface area contributed by atoms with Crippen molar-refractivity contribution in [1.82, 2.24) is 0 Å². The van der Waals surface area contributed by atoms with Crippen molar-refractivity contribution in [3.8, 4) is 0 Å². The molecule has 0 saturated carbocycles. The highest BCUT2D eigenvalue weighted by Crippen LogP contribution is 2.08. The van der Waals surface area contributed by atoms with Crippen LogP contribution < -0.4 is 0 Å². The molecule has 0 aliphatic heterocycles. The van der Waals surface area contributed by atoms with E-state index in [2.05, 4.69) is 5.16 Å². The number of rotatable bonds is 10. The average molecular weight is 245 g/mol. The Hall–Kier alpha value is -1.66. The topological polar surface area (TPSA) is 116 Å². The van der Waals surface area contributed by atoms with Gasteiger partial charge in [-0.15, -0.1) is 0 Å². The minimum atomic E-state index is -1.26. The zero-order chi connectivity index (χ0) is 13.1. The van der Waals surface area contributed by atoms with Gasteiger partial charge in [0.05, 0.1) is 0 Å². The molecule has 0 spiro atoms. The Kier molecular flexibility index (Phi) is 8.62. The SMILES string of the molecule is O=C(O)/C(CCCCCCCC[N+](=O)[O-])=N\[O-]. The number of unbranched alkanes of at least 4 members (excludes halogenated alkanes) is 5. The van der Waals surface area contributed by atoms with Gasteiger partial charge in [0.1, 0.15) is 5.71 Å². The van der Waals surface area contributed by atoms with Gasteiger partial charge in [0, 0.05) is 11.3 Å². The van der Waals surface area contributed by atoms with Crippen molar-refractivity contribution in [1.29, 1.82) is 0 Å². The molecule has 0 aromatic rings. The molecule has 0 heterocycles. The summed E-state index contributed by atoms with van der Waals surface area (Å²) in [6.45, 7) is 0.00595. The van der Waals surface area contributed by atoms with Crippen molar-refractivity contribution < 1.29 is 14.8 Å². The monoisotopic (exact) mass is 245 g/mol. The standard InChI is InChI=1S/C10H18N2O5/c13-10(14)9(11-15)7-5-3-1-2-4-6-8-12(16)17/h15H,1-8H2,(H,13,14)/p-1/b11-9-. The molecule has 0 saturated heterocycles. The molecule has 0 aliphatic rings. The highest BCUT2D eigenvalue weighted by Gasteiger charge is 2.06. The van der Waals surface area contributed by atoms with Crippen molar-refractivity contribution in [3.05, 3.63) is 15.3 Å². The van der Waals surface area contributed by atoms with E-state index in [-0.39, 0.29) is 23.6 Å². The first-order valence-electron chi connectivity index (χ1n) is 5.62. The van der Waals surface area contributed by atoms with Gasteiger partial charge >= 0.3 is 5.97 Å². The molecule has 1 N–H and O–H groups in total. The van der Waals surface area contributed by atoms with Crippen LogP contribution in [0.15, 0.2) is 5.16 Å². The summed E-state index contributed by atoms with van der Waals surface area (Å²) in [7, 11) is 0. The maximum atomic E-state index is 10.4. The maximum Gasteiger partial charge on any atom is 0.349 e. The summed E-state index contributed by atoms with van der Waals surface area (Å²) < 4.78 is 0. The van der Waals surface area contributed by atoms with E-state index in [0.717, 1.165) is 25.7 Å². The number of nitro groups is 1. The van der Waals surface area contributed by atoms with Crippen LogP contribution >= 0.6 is 0 Å². The van der Waals surface area contributed by atoms with Crippen molar-refractivity contribution in [2.45, 2.75) is 44.9 Å². The van der Waals surface area contributed by atoms with Crippen LogP contribution in [0.3, 0.4) is 0 Å². The second kappa shape index (κ2) is 9.56. The second-order valence-electron chi connectivity index (χ2n) is 3.77. The quantitative estimate of drug-likeness (QED) is 0.273. The molecule has 0 aromatic heterocycles. The average Bonchev–Trinajstić information content (AvgIpc) is 2.26. The van der Waals surface area contributed by atoms with Gasteiger partial charge in [0.15, 0.2) is 0 Å². The lowest BCUT2D eigenvalue weighted by atomic mass is 10.1. The lowest BCUT2D eigenvalue weighted by Gasteiger charge is -2.03. The molecule has 0 fully saturated rings. The van der Waals surface area contributed by atoms with E-state index < -0.39 is 5.97 Å². The van der Waals surface area contributed by atoms with E-state index in [1.54, 1.807) is 0 Å². The number of nitrogens with zero attached hydrogens (tertiary/aromatic N) is 2. The zero-order valence-electron chi connectivity index (χ0n) is 9.63. The van der Waals surface area contributed by atoms with Crippen molar-refractivity contribution in [2.75, 3.05) is 6.54 Å². The third kappa shape index (κ3) is 9.28. The number of hydrogen-bond acceptors (Lipinski definition) is 5. The normalized spacial score (nSPS) is 11.4. The maximum absolute atomic E-state index is 10.4. The summed E-state index contributed by atoms with van der Waals surface area (Å²) in [5, 5.41) is 31.0. The van der Waals surface area contributed by atoms with E-state index in [0.29, 0.717) is 12.8 Å². The van der Waals surface area contributed by atoms with Gasteiger partial charge < -0.3 is 15.5 Å². The molecule has 0 amide bonds. The number of carboxylic acids is 1. The Morgan fingerprint density at radius 3 is 2.12 bits per heavy atom. The fourth-order valence-electron chi connectivity index (χ4n) is 1.43. The fraction of sp³-hybridized carbons (Fsp3) is 0.800. The molecule has 0 unspecified atom stereocenters. The van der Waals surface area contributed by atoms with Gasteiger partial charge in [-0.2, -0.15) is 0 Å². The molecule has 0 bridgehead atoms. The minimum Gasteiger partial charge on any atom is -0.792 e. The Bertz CT molecular complexity index is 278. The molecule has 0 radical (unpaired) electrons. The first kappa shape index (κ1) is 15.3. The van der Waals surface area contributed by atoms with Gasteiger partial charge in [-0.05, 0) is 19.3 Å². The van der Waals surface area contributed by atoms with E-state index in [4.69, 9.17) is 5.11 Å². The Labute approximate surface area is 99.3 Å². The summed E-state index contributed by atoms with van der Waals surface area (Å²) in [5.41, 5.74) is -0.335. The highest BCUT2D eigenvalue weighted by molar-refractivity contribution is 6.35. The van der Waals surface area contributed by atoms with Crippen LogP contribution in [0.2, 0.25) is 0 Å². The fourth-order valence-corrected chi connectivity index (χ4v) is 1.43. The predicted molar refractivity (Wildman–Crippen MR) is 62.6 cm³/mol. The van der Waals surface area contributed by atoms with Gasteiger partial charge in [0.2, 0.25) is 6.54 Å². The van der Waals surface area contributed by atoms with Gasteiger partial charge in [0.25, 0.3) is 0 Å². The molecule has 7 heteroatoms. The second-order valence-corrected chi connectivity index (χ2v) is 3.77. The number of aliphatic carboxylic acids is 1. The van der Waals surface area contributed by atoms with Gasteiger partial charge in [-0.1, -0.05) is 19.3 Å². The molecule has 7 nitrogen and oxygen atoms in total. The minimum absolute atomic E-state index is 0.00595. The van der Waals surface area contributed by atoms with Crippen molar-refractivity contribution in [3.63, 3.8) is 0 Å². The third-order valence-corrected chi connectivity index (χ3v) is 2.36. The summed E-state index contributed by atoms with van der Waals surface area (Å²) in [5.74, 6) is -1.26. The molecule has 0 aromatic carbocycles. The van der Waals surface area contributed by atoms with Crippen LogP contribution in [0.5, 0.6) is 0 Å².